The molecule has 37 heavy (non-hydrogen) atoms. The SMILES string of the molecule is N#Cc1oc2cccc(C(=O)c3ccc(OCCCCCCCCc4ccccc4)cc3)c2c(=O)c1N. The average molecular weight is 495 g/mol. The Kier molecular flexibility index (Phi) is 8.72. The number of aryl methyl sites for hydroxylation is 1. The fourth-order valence-electron chi connectivity index (χ4n) is 4.36. The van der Waals surface area contributed by atoms with Gasteiger partial charge in [-0.15, -0.1) is 0 Å². The standard InChI is InChI=1S/C31H30N2O4/c32-21-27-29(33)31(35)28-25(14-10-15-26(28)37-27)30(34)23-16-18-24(19-17-23)36-20-9-4-2-1-3-6-11-22-12-7-5-8-13-22/h5,7-8,10,12-19H,1-4,6,9,11,20,33H2. The molecule has 0 aliphatic heterocycles. The van der Waals surface area contributed by atoms with Gasteiger partial charge in [-0.2, -0.15) is 5.26 Å². The van der Waals surface area contributed by atoms with Crippen molar-refractivity contribution in [2.75, 3.05) is 12.3 Å². The minimum Gasteiger partial charge on any atom is -0.494 e. The summed E-state index contributed by atoms with van der Waals surface area (Å²) in [7, 11) is 0. The average Bonchev–Trinajstić information content (AvgIpc) is 2.94. The molecule has 3 aromatic carbocycles. The van der Waals surface area contributed by atoms with Crippen molar-refractivity contribution in [1.29, 1.82) is 5.26 Å². The van der Waals surface area contributed by atoms with E-state index in [4.69, 9.17) is 20.1 Å². The number of hydrogen-bond acceptors (Lipinski definition) is 6. The summed E-state index contributed by atoms with van der Waals surface area (Å²) in [4.78, 5) is 25.9. The second-order valence-electron chi connectivity index (χ2n) is 9.02. The molecule has 6 heteroatoms. The number of nitrogens with two attached hydrogens (primary N) is 1. The molecule has 0 spiro atoms. The first-order valence-corrected chi connectivity index (χ1v) is 12.7. The molecule has 0 atom stereocenters. The van der Waals surface area contributed by atoms with Crippen LogP contribution in [0.25, 0.3) is 11.0 Å². The Bertz CT molecular complexity index is 1450. The van der Waals surface area contributed by atoms with Crippen LogP contribution in [0.4, 0.5) is 5.69 Å². The maximum absolute atomic E-state index is 13.2. The number of rotatable bonds is 12. The van der Waals surface area contributed by atoms with E-state index in [-0.39, 0.29) is 33.8 Å². The molecule has 2 N–H and O–H groups in total. The van der Waals surface area contributed by atoms with Crippen LogP contribution >= 0.6 is 0 Å². The summed E-state index contributed by atoms with van der Waals surface area (Å²) in [5, 5.41) is 9.19. The summed E-state index contributed by atoms with van der Waals surface area (Å²) in [5.74, 6) is 0.104. The van der Waals surface area contributed by atoms with E-state index >= 15 is 0 Å². The predicted octanol–water partition coefficient (Wildman–Crippen LogP) is 6.44. The normalized spacial score (nSPS) is 10.8. The molecule has 6 nitrogen and oxygen atoms in total. The van der Waals surface area contributed by atoms with Crippen LogP contribution in [0.1, 0.15) is 65.8 Å². The Balaban J connectivity index is 1.24. The van der Waals surface area contributed by atoms with Gasteiger partial charge in [-0.05, 0) is 55.2 Å². The summed E-state index contributed by atoms with van der Waals surface area (Å²) in [6.07, 6.45) is 8.16. The van der Waals surface area contributed by atoms with E-state index in [9.17, 15) is 9.59 Å². The van der Waals surface area contributed by atoms with Gasteiger partial charge in [0.15, 0.2) is 5.78 Å². The van der Waals surface area contributed by atoms with Crippen molar-refractivity contribution in [2.45, 2.75) is 44.9 Å². The van der Waals surface area contributed by atoms with E-state index in [0.29, 0.717) is 17.9 Å². The monoisotopic (exact) mass is 494 g/mol. The first-order chi connectivity index (χ1) is 18.1. The molecule has 0 radical (unpaired) electrons. The number of carbonyl (C=O) groups excluding carboxylic acids is 1. The third-order valence-electron chi connectivity index (χ3n) is 6.39. The van der Waals surface area contributed by atoms with Crippen LogP contribution in [0.2, 0.25) is 0 Å². The van der Waals surface area contributed by atoms with Crippen molar-refractivity contribution in [2.24, 2.45) is 0 Å². The molecule has 0 fully saturated rings. The number of anilines is 1. The molecule has 0 amide bonds. The summed E-state index contributed by atoms with van der Waals surface area (Å²) in [6, 6.07) is 23.9. The quantitative estimate of drug-likeness (QED) is 0.179. The predicted molar refractivity (Wildman–Crippen MR) is 145 cm³/mol. The molecular formula is C31H30N2O4. The van der Waals surface area contributed by atoms with Crippen molar-refractivity contribution in [3.8, 4) is 11.8 Å². The number of nitriles is 1. The summed E-state index contributed by atoms with van der Waals surface area (Å²) >= 11 is 0. The molecule has 1 heterocycles. The van der Waals surface area contributed by atoms with Crippen LogP contribution in [0.5, 0.6) is 5.75 Å². The van der Waals surface area contributed by atoms with E-state index in [0.717, 1.165) is 19.3 Å². The van der Waals surface area contributed by atoms with Crippen LogP contribution in [0.3, 0.4) is 0 Å². The largest absolute Gasteiger partial charge is 0.494 e. The zero-order valence-electron chi connectivity index (χ0n) is 20.7. The van der Waals surface area contributed by atoms with Crippen molar-refractivity contribution >= 4 is 22.4 Å². The highest BCUT2D eigenvalue weighted by molar-refractivity contribution is 6.16. The first-order valence-electron chi connectivity index (χ1n) is 12.7. The van der Waals surface area contributed by atoms with Gasteiger partial charge in [0.25, 0.3) is 0 Å². The van der Waals surface area contributed by atoms with Crippen molar-refractivity contribution < 1.29 is 13.9 Å². The third-order valence-corrected chi connectivity index (χ3v) is 6.39. The second kappa shape index (κ2) is 12.5. The third kappa shape index (κ3) is 6.45. The molecule has 188 valence electrons. The number of hydrogen-bond donors (Lipinski definition) is 1. The highest BCUT2D eigenvalue weighted by Crippen LogP contribution is 2.23. The van der Waals surface area contributed by atoms with Gasteiger partial charge in [0.05, 0.1) is 12.0 Å². The number of ether oxygens (including phenoxy) is 1. The van der Waals surface area contributed by atoms with E-state index in [1.54, 1.807) is 42.5 Å². The molecule has 0 unspecified atom stereocenters. The van der Waals surface area contributed by atoms with E-state index < -0.39 is 5.43 Å². The number of benzene rings is 3. The van der Waals surface area contributed by atoms with Crippen LogP contribution in [-0.4, -0.2) is 12.4 Å². The van der Waals surface area contributed by atoms with Gasteiger partial charge in [-0.3, -0.25) is 9.59 Å². The molecule has 4 rings (SSSR count). The lowest BCUT2D eigenvalue weighted by atomic mass is 9.99. The van der Waals surface area contributed by atoms with Gasteiger partial charge in [-0.25, -0.2) is 0 Å². The maximum atomic E-state index is 13.2. The molecule has 4 aromatic rings. The Hall–Kier alpha value is -4.37. The highest BCUT2D eigenvalue weighted by Gasteiger charge is 2.19. The first kappa shape index (κ1) is 25.7. The maximum Gasteiger partial charge on any atom is 0.230 e. The van der Waals surface area contributed by atoms with Gasteiger partial charge in [0, 0.05) is 11.1 Å². The highest BCUT2D eigenvalue weighted by atomic mass is 16.5. The smallest absolute Gasteiger partial charge is 0.230 e. The zero-order chi connectivity index (χ0) is 26.0. The van der Waals surface area contributed by atoms with E-state index in [1.807, 2.05) is 0 Å². The fourth-order valence-corrected chi connectivity index (χ4v) is 4.36. The minimum absolute atomic E-state index is 0.0735. The van der Waals surface area contributed by atoms with Crippen molar-refractivity contribution in [3.63, 3.8) is 0 Å². The van der Waals surface area contributed by atoms with Gasteiger partial charge in [0.1, 0.15) is 23.1 Å². The van der Waals surface area contributed by atoms with Crippen molar-refractivity contribution in [3.05, 3.63) is 105 Å². The molecule has 0 saturated carbocycles. The topological polar surface area (TPSA) is 106 Å². The van der Waals surface area contributed by atoms with Crippen LogP contribution in [0.15, 0.2) is 82.0 Å². The van der Waals surface area contributed by atoms with Crippen molar-refractivity contribution in [1.82, 2.24) is 0 Å². The van der Waals surface area contributed by atoms with Gasteiger partial charge < -0.3 is 14.9 Å². The number of fused-ring (bicyclic) bond motifs is 1. The fraction of sp³-hybridized carbons (Fsp3) is 0.258. The Morgan fingerprint density at radius 2 is 1.57 bits per heavy atom. The number of nitrogens with zero attached hydrogens (tertiary/aromatic N) is 1. The van der Waals surface area contributed by atoms with Gasteiger partial charge >= 0.3 is 0 Å². The molecule has 0 bridgehead atoms. The van der Waals surface area contributed by atoms with Gasteiger partial charge in [-0.1, -0.05) is 68.1 Å². The molecule has 0 aliphatic carbocycles. The lowest BCUT2D eigenvalue weighted by molar-refractivity contribution is 0.104. The summed E-state index contributed by atoms with van der Waals surface area (Å²) in [6.45, 7) is 0.627. The lowest BCUT2D eigenvalue weighted by Gasteiger charge is -2.09. The molecular weight excluding hydrogens is 464 g/mol. The zero-order valence-corrected chi connectivity index (χ0v) is 20.7. The summed E-state index contributed by atoms with van der Waals surface area (Å²) < 4.78 is 11.3. The lowest BCUT2D eigenvalue weighted by Crippen LogP contribution is -2.14. The van der Waals surface area contributed by atoms with Crippen LogP contribution in [0, 0.1) is 11.3 Å². The van der Waals surface area contributed by atoms with E-state index in [2.05, 4.69) is 30.3 Å². The van der Waals surface area contributed by atoms with Crippen LogP contribution < -0.4 is 15.9 Å². The van der Waals surface area contributed by atoms with E-state index in [1.165, 1.54) is 37.3 Å². The number of nitrogen functional groups attached to an aromatic ring is 1. The van der Waals surface area contributed by atoms with Crippen LogP contribution in [-0.2, 0) is 6.42 Å². The number of carbonyl (C=O) groups is 1. The van der Waals surface area contributed by atoms with Gasteiger partial charge in [0.2, 0.25) is 11.2 Å². The Morgan fingerprint density at radius 3 is 2.30 bits per heavy atom. The molecule has 0 saturated heterocycles. The summed E-state index contributed by atoms with van der Waals surface area (Å²) in [5.41, 5.74) is 7.02. The molecule has 0 aliphatic rings. The second-order valence-corrected chi connectivity index (χ2v) is 9.02. The molecule has 1 aromatic heterocycles. The minimum atomic E-state index is -0.585. The number of ketones is 1. The number of unbranched alkanes of at least 4 members (excludes halogenated alkanes) is 5. The Labute approximate surface area is 216 Å². The Morgan fingerprint density at radius 1 is 0.865 bits per heavy atom.